The zero-order valence-corrected chi connectivity index (χ0v) is 18.2. The molecule has 1 aromatic carbocycles. The SMILES string of the molecule is CCc1ccccc1NC(=O)CN1CCN([C@H](C)C(=O)N2CCC(C)CC2)CC1. The van der Waals surface area contributed by atoms with Crippen LogP contribution in [0.5, 0.6) is 0 Å². The second kappa shape index (κ2) is 10.2. The molecule has 6 heteroatoms. The summed E-state index contributed by atoms with van der Waals surface area (Å²) >= 11 is 0. The van der Waals surface area contributed by atoms with E-state index in [9.17, 15) is 9.59 Å². The first-order valence-electron chi connectivity index (χ1n) is 11.1. The van der Waals surface area contributed by atoms with Gasteiger partial charge in [-0.15, -0.1) is 0 Å². The standard InChI is InChI=1S/C23H36N4O2/c1-4-20-7-5-6-8-21(20)24-22(28)17-25-13-15-26(16-14-25)19(3)23(29)27-11-9-18(2)10-12-27/h5-8,18-19H,4,9-17H2,1-3H3,(H,24,28)/t19-/m1/s1. The molecule has 2 saturated heterocycles. The van der Waals surface area contributed by atoms with Crippen molar-refractivity contribution in [2.24, 2.45) is 5.92 Å². The molecular weight excluding hydrogens is 364 g/mol. The monoisotopic (exact) mass is 400 g/mol. The van der Waals surface area contributed by atoms with Gasteiger partial charge in [0, 0.05) is 45.0 Å². The van der Waals surface area contributed by atoms with Crippen LogP contribution < -0.4 is 5.32 Å². The number of carbonyl (C=O) groups is 2. The summed E-state index contributed by atoms with van der Waals surface area (Å²) in [6.07, 6.45) is 3.13. The molecular formula is C23H36N4O2. The Morgan fingerprint density at radius 2 is 1.72 bits per heavy atom. The highest BCUT2D eigenvalue weighted by Gasteiger charge is 2.30. The van der Waals surface area contributed by atoms with Crippen molar-refractivity contribution >= 4 is 17.5 Å². The Hall–Kier alpha value is -1.92. The Balaban J connectivity index is 1.44. The molecule has 160 valence electrons. The maximum Gasteiger partial charge on any atom is 0.239 e. The summed E-state index contributed by atoms with van der Waals surface area (Å²) in [7, 11) is 0. The third-order valence-electron chi connectivity index (χ3n) is 6.45. The molecule has 2 aliphatic rings. The number of aryl methyl sites for hydroxylation is 1. The number of nitrogens with one attached hydrogen (secondary N) is 1. The van der Waals surface area contributed by atoms with Crippen LogP contribution in [0.3, 0.4) is 0 Å². The topological polar surface area (TPSA) is 55.9 Å². The van der Waals surface area contributed by atoms with Crippen molar-refractivity contribution < 1.29 is 9.59 Å². The quantitative estimate of drug-likeness (QED) is 0.797. The van der Waals surface area contributed by atoms with Crippen molar-refractivity contribution in [2.75, 3.05) is 51.1 Å². The lowest BCUT2D eigenvalue weighted by molar-refractivity contribution is -0.138. The number of hydrogen-bond donors (Lipinski definition) is 1. The Labute approximate surface area is 175 Å². The van der Waals surface area contributed by atoms with Gasteiger partial charge in [0.05, 0.1) is 12.6 Å². The molecule has 1 atom stereocenters. The third kappa shape index (κ3) is 5.80. The lowest BCUT2D eigenvalue weighted by atomic mass is 9.98. The summed E-state index contributed by atoms with van der Waals surface area (Å²) in [4.78, 5) is 31.8. The molecule has 0 spiro atoms. The Kier molecular flexibility index (Phi) is 7.67. The molecule has 2 amide bonds. The molecule has 1 aromatic rings. The molecule has 2 heterocycles. The first kappa shape index (κ1) is 21.8. The highest BCUT2D eigenvalue weighted by atomic mass is 16.2. The van der Waals surface area contributed by atoms with Gasteiger partial charge in [-0.05, 0) is 43.7 Å². The molecule has 2 aliphatic heterocycles. The molecule has 3 rings (SSSR count). The summed E-state index contributed by atoms with van der Waals surface area (Å²) in [5, 5.41) is 3.05. The smallest absolute Gasteiger partial charge is 0.239 e. The summed E-state index contributed by atoms with van der Waals surface area (Å²) in [6, 6.07) is 7.89. The largest absolute Gasteiger partial charge is 0.341 e. The number of nitrogens with zero attached hydrogens (tertiary/aromatic N) is 3. The molecule has 2 fully saturated rings. The highest BCUT2D eigenvalue weighted by Crippen LogP contribution is 2.19. The van der Waals surface area contributed by atoms with Crippen LogP contribution in [-0.4, -0.2) is 78.4 Å². The van der Waals surface area contributed by atoms with E-state index in [-0.39, 0.29) is 17.9 Å². The van der Waals surface area contributed by atoms with Crippen molar-refractivity contribution in [1.82, 2.24) is 14.7 Å². The van der Waals surface area contributed by atoms with E-state index < -0.39 is 0 Å². The van der Waals surface area contributed by atoms with Gasteiger partial charge < -0.3 is 10.2 Å². The van der Waals surface area contributed by atoms with Crippen LogP contribution in [-0.2, 0) is 16.0 Å². The Morgan fingerprint density at radius 1 is 1.07 bits per heavy atom. The summed E-state index contributed by atoms with van der Waals surface area (Å²) in [6.45, 7) is 11.9. The first-order chi connectivity index (χ1) is 14.0. The maximum atomic E-state index is 12.8. The van der Waals surface area contributed by atoms with Crippen molar-refractivity contribution in [3.63, 3.8) is 0 Å². The lowest BCUT2D eigenvalue weighted by Gasteiger charge is -2.40. The number of rotatable bonds is 6. The number of likely N-dealkylation sites (tertiary alicyclic amines) is 1. The van der Waals surface area contributed by atoms with Crippen LogP contribution in [0.15, 0.2) is 24.3 Å². The van der Waals surface area contributed by atoms with Crippen LogP contribution in [0.2, 0.25) is 0 Å². The third-order valence-corrected chi connectivity index (χ3v) is 6.45. The van der Waals surface area contributed by atoms with Crippen LogP contribution >= 0.6 is 0 Å². The van der Waals surface area contributed by atoms with Crippen LogP contribution in [0.25, 0.3) is 0 Å². The van der Waals surface area contributed by atoms with Gasteiger partial charge in [0.1, 0.15) is 0 Å². The zero-order valence-electron chi connectivity index (χ0n) is 18.2. The molecule has 0 bridgehead atoms. The molecule has 6 nitrogen and oxygen atoms in total. The number of para-hydroxylation sites is 1. The van der Waals surface area contributed by atoms with Gasteiger partial charge in [-0.3, -0.25) is 19.4 Å². The van der Waals surface area contributed by atoms with E-state index in [1.807, 2.05) is 30.0 Å². The van der Waals surface area contributed by atoms with Gasteiger partial charge in [0.25, 0.3) is 0 Å². The van der Waals surface area contributed by atoms with Gasteiger partial charge >= 0.3 is 0 Å². The minimum absolute atomic E-state index is 0.0333. The fourth-order valence-electron chi connectivity index (χ4n) is 4.30. The first-order valence-corrected chi connectivity index (χ1v) is 11.1. The average Bonchev–Trinajstić information content (AvgIpc) is 2.74. The van der Waals surface area contributed by atoms with Crippen LogP contribution in [0, 0.1) is 5.92 Å². The summed E-state index contributed by atoms with van der Waals surface area (Å²) < 4.78 is 0. The van der Waals surface area contributed by atoms with E-state index in [2.05, 4.69) is 35.0 Å². The minimum atomic E-state index is -0.0733. The molecule has 0 unspecified atom stereocenters. The number of hydrogen-bond acceptors (Lipinski definition) is 4. The van der Waals surface area contributed by atoms with Gasteiger partial charge in [0.2, 0.25) is 11.8 Å². The van der Waals surface area contributed by atoms with E-state index in [4.69, 9.17) is 0 Å². The van der Waals surface area contributed by atoms with Crippen molar-refractivity contribution in [1.29, 1.82) is 0 Å². The fourth-order valence-corrected chi connectivity index (χ4v) is 4.30. The predicted octanol–water partition coefficient (Wildman–Crippen LogP) is 2.45. The number of carbonyl (C=O) groups excluding carboxylic acids is 2. The van der Waals surface area contributed by atoms with E-state index in [0.717, 1.165) is 75.7 Å². The Morgan fingerprint density at radius 3 is 2.38 bits per heavy atom. The van der Waals surface area contributed by atoms with E-state index in [1.54, 1.807) is 0 Å². The van der Waals surface area contributed by atoms with Crippen LogP contribution in [0.4, 0.5) is 5.69 Å². The molecule has 29 heavy (non-hydrogen) atoms. The zero-order chi connectivity index (χ0) is 20.8. The number of anilines is 1. The maximum absolute atomic E-state index is 12.8. The predicted molar refractivity (Wildman–Crippen MR) is 117 cm³/mol. The molecule has 0 aliphatic carbocycles. The minimum Gasteiger partial charge on any atom is -0.341 e. The van der Waals surface area contributed by atoms with Gasteiger partial charge in [-0.2, -0.15) is 0 Å². The van der Waals surface area contributed by atoms with Gasteiger partial charge in [-0.1, -0.05) is 32.0 Å². The van der Waals surface area contributed by atoms with Crippen molar-refractivity contribution in [2.45, 2.75) is 46.1 Å². The fraction of sp³-hybridized carbons (Fsp3) is 0.652. The van der Waals surface area contributed by atoms with E-state index in [1.165, 1.54) is 0 Å². The lowest BCUT2D eigenvalue weighted by Crippen LogP contribution is -2.56. The highest BCUT2D eigenvalue weighted by molar-refractivity contribution is 5.93. The number of piperazine rings is 1. The number of piperidine rings is 1. The van der Waals surface area contributed by atoms with E-state index >= 15 is 0 Å². The molecule has 0 radical (unpaired) electrons. The number of amides is 2. The molecule has 1 N–H and O–H groups in total. The van der Waals surface area contributed by atoms with Gasteiger partial charge in [-0.25, -0.2) is 0 Å². The summed E-state index contributed by atoms with van der Waals surface area (Å²) in [5.74, 6) is 1.03. The van der Waals surface area contributed by atoms with Crippen molar-refractivity contribution in [3.05, 3.63) is 29.8 Å². The Bertz CT molecular complexity index is 692. The van der Waals surface area contributed by atoms with E-state index in [0.29, 0.717) is 6.54 Å². The van der Waals surface area contributed by atoms with Gasteiger partial charge in [0.15, 0.2) is 0 Å². The summed E-state index contributed by atoms with van der Waals surface area (Å²) in [5.41, 5.74) is 2.07. The normalized spacial score (nSPS) is 20.4. The second-order valence-corrected chi connectivity index (χ2v) is 8.55. The molecule has 0 saturated carbocycles. The number of benzene rings is 1. The second-order valence-electron chi connectivity index (χ2n) is 8.55. The van der Waals surface area contributed by atoms with Crippen LogP contribution in [0.1, 0.15) is 39.2 Å². The average molecular weight is 401 g/mol. The molecule has 0 aromatic heterocycles. The van der Waals surface area contributed by atoms with Crippen molar-refractivity contribution in [3.8, 4) is 0 Å².